The predicted octanol–water partition coefficient (Wildman–Crippen LogP) is 1.65. The summed E-state index contributed by atoms with van der Waals surface area (Å²) in [6, 6.07) is 5.45. The molecule has 1 saturated heterocycles. The Hall–Kier alpha value is -1.20. The Morgan fingerprint density at radius 1 is 1.25 bits per heavy atom. The highest BCUT2D eigenvalue weighted by Gasteiger charge is 2.29. The minimum absolute atomic E-state index is 0.0495. The zero-order valence-electron chi connectivity index (χ0n) is 8.70. The number of nitrogens with zero attached hydrogens (tertiary/aromatic N) is 1. The minimum Gasteiger partial charge on any atom is -0.362 e. The van der Waals surface area contributed by atoms with Crippen LogP contribution in [0.4, 0.5) is 5.69 Å². The molecule has 0 atom stereocenters. The van der Waals surface area contributed by atoms with Gasteiger partial charge < -0.3 is 4.74 Å². The molecule has 1 aliphatic heterocycles. The second-order valence-electron chi connectivity index (χ2n) is 3.52. The molecule has 1 fully saturated rings. The highest BCUT2D eigenvalue weighted by Crippen LogP contribution is 2.30. The lowest BCUT2D eigenvalue weighted by Crippen LogP contribution is -2.46. The average Bonchev–Trinajstić information content (AvgIpc) is 2.24. The fourth-order valence-corrected chi connectivity index (χ4v) is 2.01. The fraction of sp³-hybridized carbons (Fsp3) is 0.273. The van der Waals surface area contributed by atoms with Gasteiger partial charge in [0.1, 0.15) is 13.2 Å². The van der Waals surface area contributed by atoms with Crippen LogP contribution < -0.4 is 4.90 Å². The quantitative estimate of drug-likeness (QED) is 0.737. The molecule has 4 nitrogen and oxygen atoms in total. The van der Waals surface area contributed by atoms with E-state index in [0.717, 1.165) is 10.0 Å². The maximum absolute atomic E-state index is 11.6. The van der Waals surface area contributed by atoms with Crippen LogP contribution in [0.3, 0.4) is 0 Å². The number of anilines is 1. The van der Waals surface area contributed by atoms with Crippen molar-refractivity contribution < 1.29 is 14.3 Å². The lowest BCUT2D eigenvalue weighted by Gasteiger charge is -2.26. The number of morpholine rings is 1. The number of amides is 2. The van der Waals surface area contributed by atoms with E-state index in [4.69, 9.17) is 4.74 Å². The molecule has 5 heteroatoms. The van der Waals surface area contributed by atoms with Crippen molar-refractivity contribution >= 4 is 33.4 Å². The third kappa shape index (κ3) is 1.88. The number of benzene rings is 1. The first-order valence-electron chi connectivity index (χ1n) is 4.80. The van der Waals surface area contributed by atoms with Gasteiger partial charge in [-0.05, 0) is 34.5 Å². The van der Waals surface area contributed by atoms with E-state index in [1.165, 1.54) is 4.90 Å². The van der Waals surface area contributed by atoms with Gasteiger partial charge in [-0.25, -0.2) is 4.90 Å². The number of imide groups is 1. The molecule has 2 rings (SSSR count). The average molecular weight is 284 g/mol. The Morgan fingerprint density at radius 2 is 1.88 bits per heavy atom. The second kappa shape index (κ2) is 4.35. The van der Waals surface area contributed by atoms with Gasteiger partial charge in [-0.1, -0.05) is 12.1 Å². The zero-order chi connectivity index (χ0) is 11.7. The Balaban J connectivity index is 2.46. The Bertz CT molecular complexity index is 443. The van der Waals surface area contributed by atoms with Gasteiger partial charge in [0.15, 0.2) is 0 Å². The normalized spacial score (nSPS) is 16.8. The van der Waals surface area contributed by atoms with Crippen LogP contribution in [-0.4, -0.2) is 25.0 Å². The van der Waals surface area contributed by atoms with Crippen LogP contribution in [0.1, 0.15) is 5.56 Å². The van der Waals surface area contributed by atoms with E-state index in [0.29, 0.717) is 5.69 Å². The molecule has 0 unspecified atom stereocenters. The summed E-state index contributed by atoms with van der Waals surface area (Å²) >= 11 is 3.38. The Labute approximate surface area is 101 Å². The minimum atomic E-state index is -0.331. The number of halogens is 1. The van der Waals surface area contributed by atoms with Gasteiger partial charge in [0, 0.05) is 4.47 Å². The number of hydrogen-bond donors (Lipinski definition) is 0. The summed E-state index contributed by atoms with van der Waals surface area (Å²) in [4.78, 5) is 24.4. The lowest BCUT2D eigenvalue weighted by molar-refractivity contribution is -0.138. The number of carbonyl (C=O) groups is 2. The van der Waals surface area contributed by atoms with E-state index in [1.807, 2.05) is 19.1 Å². The van der Waals surface area contributed by atoms with Crippen LogP contribution in [0.25, 0.3) is 0 Å². The smallest absolute Gasteiger partial charge is 0.259 e. The fourth-order valence-electron chi connectivity index (χ4n) is 1.57. The maximum Gasteiger partial charge on any atom is 0.259 e. The number of rotatable bonds is 1. The molecule has 16 heavy (non-hydrogen) atoms. The first-order chi connectivity index (χ1) is 7.61. The van der Waals surface area contributed by atoms with Gasteiger partial charge in [0.2, 0.25) is 0 Å². The van der Waals surface area contributed by atoms with Crippen LogP contribution in [0.2, 0.25) is 0 Å². The molecule has 1 aliphatic rings. The summed E-state index contributed by atoms with van der Waals surface area (Å²) in [7, 11) is 0. The highest BCUT2D eigenvalue weighted by molar-refractivity contribution is 9.10. The van der Waals surface area contributed by atoms with E-state index >= 15 is 0 Å². The van der Waals surface area contributed by atoms with Gasteiger partial charge in [0.05, 0.1) is 5.69 Å². The first kappa shape index (κ1) is 11.3. The van der Waals surface area contributed by atoms with Crippen molar-refractivity contribution in [2.75, 3.05) is 18.1 Å². The van der Waals surface area contributed by atoms with Crippen molar-refractivity contribution in [3.8, 4) is 0 Å². The topological polar surface area (TPSA) is 46.6 Å². The van der Waals surface area contributed by atoms with E-state index < -0.39 is 0 Å². The van der Waals surface area contributed by atoms with Crippen LogP contribution in [0, 0.1) is 6.92 Å². The number of ether oxygens (including phenoxy) is 1. The molecular weight excluding hydrogens is 274 g/mol. The highest BCUT2D eigenvalue weighted by atomic mass is 79.9. The van der Waals surface area contributed by atoms with Crippen molar-refractivity contribution in [3.63, 3.8) is 0 Å². The van der Waals surface area contributed by atoms with Crippen molar-refractivity contribution in [1.29, 1.82) is 0 Å². The van der Waals surface area contributed by atoms with Crippen molar-refractivity contribution in [2.45, 2.75) is 6.92 Å². The third-order valence-electron chi connectivity index (χ3n) is 2.36. The van der Waals surface area contributed by atoms with Gasteiger partial charge in [-0.15, -0.1) is 0 Å². The summed E-state index contributed by atoms with van der Waals surface area (Å²) < 4.78 is 5.62. The number of carbonyl (C=O) groups excluding carboxylic acids is 2. The number of aryl methyl sites for hydroxylation is 1. The molecule has 0 bridgehead atoms. The van der Waals surface area contributed by atoms with Crippen molar-refractivity contribution in [3.05, 3.63) is 28.2 Å². The molecule has 0 saturated carbocycles. The molecule has 0 radical (unpaired) electrons. The second-order valence-corrected chi connectivity index (χ2v) is 4.32. The molecule has 1 aromatic carbocycles. The monoisotopic (exact) mass is 283 g/mol. The summed E-state index contributed by atoms with van der Waals surface area (Å²) in [6.07, 6.45) is 0. The van der Waals surface area contributed by atoms with Gasteiger partial charge in [-0.3, -0.25) is 9.59 Å². The number of hydrogen-bond acceptors (Lipinski definition) is 3. The summed E-state index contributed by atoms with van der Waals surface area (Å²) in [5, 5.41) is 0. The SMILES string of the molecule is Cc1cccc(N2C(=O)COCC2=O)c1Br. The molecule has 0 N–H and O–H groups in total. The van der Waals surface area contributed by atoms with Crippen molar-refractivity contribution in [1.82, 2.24) is 0 Å². The third-order valence-corrected chi connectivity index (χ3v) is 3.39. The van der Waals surface area contributed by atoms with Gasteiger partial charge in [0.25, 0.3) is 11.8 Å². The predicted molar refractivity (Wildman–Crippen MR) is 62.2 cm³/mol. The van der Waals surface area contributed by atoms with Crippen LogP contribution in [0.5, 0.6) is 0 Å². The zero-order valence-corrected chi connectivity index (χ0v) is 10.3. The summed E-state index contributed by atoms with van der Waals surface area (Å²) in [5.74, 6) is -0.662. The van der Waals surface area contributed by atoms with Crippen LogP contribution >= 0.6 is 15.9 Å². The van der Waals surface area contributed by atoms with E-state index in [1.54, 1.807) is 6.07 Å². The molecule has 0 aromatic heterocycles. The molecule has 84 valence electrons. The van der Waals surface area contributed by atoms with Crippen LogP contribution in [0.15, 0.2) is 22.7 Å². The molecule has 0 spiro atoms. The van der Waals surface area contributed by atoms with Crippen molar-refractivity contribution in [2.24, 2.45) is 0 Å². The first-order valence-corrected chi connectivity index (χ1v) is 5.59. The molecule has 1 heterocycles. The van der Waals surface area contributed by atoms with E-state index in [9.17, 15) is 9.59 Å². The standard InChI is InChI=1S/C11H10BrNO3/c1-7-3-2-4-8(11(7)12)13-9(14)5-16-6-10(13)15/h2-4H,5-6H2,1H3. The Kier molecular flexibility index (Phi) is 3.07. The summed E-state index contributed by atoms with van der Waals surface area (Å²) in [5.41, 5.74) is 1.56. The van der Waals surface area contributed by atoms with Gasteiger partial charge in [-0.2, -0.15) is 0 Å². The van der Waals surface area contributed by atoms with Crippen LogP contribution in [-0.2, 0) is 14.3 Å². The Morgan fingerprint density at radius 3 is 2.50 bits per heavy atom. The maximum atomic E-state index is 11.6. The summed E-state index contributed by atoms with van der Waals surface area (Å²) in [6.45, 7) is 1.81. The van der Waals surface area contributed by atoms with E-state index in [-0.39, 0.29) is 25.0 Å². The molecular formula is C11H10BrNO3. The molecule has 0 aliphatic carbocycles. The molecule has 2 amide bonds. The molecule has 1 aromatic rings. The largest absolute Gasteiger partial charge is 0.362 e. The lowest BCUT2D eigenvalue weighted by atomic mass is 10.2. The van der Waals surface area contributed by atoms with E-state index in [2.05, 4.69) is 15.9 Å². The van der Waals surface area contributed by atoms with Gasteiger partial charge >= 0.3 is 0 Å².